The van der Waals surface area contributed by atoms with Gasteiger partial charge in [-0.3, -0.25) is 9.59 Å². The smallest absolute Gasteiger partial charge is 0.247 e. The molecule has 0 radical (unpaired) electrons. The maximum Gasteiger partial charge on any atom is 0.247 e. The molecule has 0 spiro atoms. The van der Waals surface area contributed by atoms with E-state index in [9.17, 15) is 9.59 Å². The van der Waals surface area contributed by atoms with Crippen molar-refractivity contribution in [3.63, 3.8) is 0 Å². The Balaban J connectivity index is 1.99. The minimum atomic E-state index is -0.723. The van der Waals surface area contributed by atoms with Crippen molar-refractivity contribution in [3.8, 4) is 0 Å². The molecular formula is C13H15N3O2. The van der Waals surface area contributed by atoms with Crippen LogP contribution in [0.5, 0.6) is 0 Å². The number of rotatable bonds is 2. The number of amides is 2. The van der Waals surface area contributed by atoms with E-state index in [1.807, 2.05) is 24.3 Å². The van der Waals surface area contributed by atoms with E-state index < -0.39 is 17.4 Å². The van der Waals surface area contributed by atoms with Crippen LogP contribution in [0.2, 0.25) is 0 Å². The molecule has 1 heterocycles. The van der Waals surface area contributed by atoms with Crippen LogP contribution in [0.1, 0.15) is 24.3 Å². The summed E-state index contributed by atoms with van der Waals surface area (Å²) in [5.74, 6) is -0.925. The number of anilines is 1. The Morgan fingerprint density at radius 3 is 2.56 bits per heavy atom. The van der Waals surface area contributed by atoms with Crippen molar-refractivity contribution in [2.75, 3.05) is 11.4 Å². The zero-order valence-corrected chi connectivity index (χ0v) is 9.93. The molecular weight excluding hydrogens is 230 g/mol. The molecule has 5 nitrogen and oxygen atoms in total. The van der Waals surface area contributed by atoms with E-state index in [0.717, 1.165) is 11.3 Å². The number of carbonyl (C=O) groups is 2. The van der Waals surface area contributed by atoms with Gasteiger partial charge in [-0.15, -0.1) is 0 Å². The highest BCUT2D eigenvalue weighted by Gasteiger charge is 2.50. The van der Waals surface area contributed by atoms with Gasteiger partial charge in [0, 0.05) is 12.2 Å². The summed E-state index contributed by atoms with van der Waals surface area (Å²) in [6, 6.07) is 7.37. The summed E-state index contributed by atoms with van der Waals surface area (Å²) in [5.41, 5.74) is 12.2. The van der Waals surface area contributed by atoms with Crippen LogP contribution in [0, 0.1) is 0 Å². The number of hydrogen-bond acceptors (Lipinski definition) is 3. The van der Waals surface area contributed by atoms with Gasteiger partial charge >= 0.3 is 0 Å². The zero-order valence-electron chi connectivity index (χ0n) is 9.93. The lowest BCUT2D eigenvalue weighted by molar-refractivity contribution is -0.121. The number of nitrogens with zero attached hydrogens (tertiary/aromatic N) is 1. The minimum Gasteiger partial charge on any atom is -0.369 e. The van der Waals surface area contributed by atoms with Crippen LogP contribution in [0.3, 0.4) is 0 Å². The molecule has 1 saturated carbocycles. The topological polar surface area (TPSA) is 89.4 Å². The van der Waals surface area contributed by atoms with Crippen LogP contribution in [0.4, 0.5) is 5.69 Å². The summed E-state index contributed by atoms with van der Waals surface area (Å²) in [6.07, 6.45) is 1.43. The van der Waals surface area contributed by atoms with Crippen molar-refractivity contribution >= 4 is 17.5 Å². The van der Waals surface area contributed by atoms with Crippen molar-refractivity contribution in [1.82, 2.24) is 0 Å². The van der Waals surface area contributed by atoms with Gasteiger partial charge in [0.05, 0.1) is 11.5 Å². The van der Waals surface area contributed by atoms with Crippen molar-refractivity contribution in [2.24, 2.45) is 11.5 Å². The second-order valence-corrected chi connectivity index (χ2v) is 5.09. The maximum absolute atomic E-state index is 12.3. The first-order valence-corrected chi connectivity index (χ1v) is 6.02. The lowest BCUT2D eigenvalue weighted by Crippen LogP contribution is -2.46. The van der Waals surface area contributed by atoms with Gasteiger partial charge < -0.3 is 16.4 Å². The molecule has 1 atom stereocenters. The fourth-order valence-electron chi connectivity index (χ4n) is 2.46. The molecule has 18 heavy (non-hydrogen) atoms. The molecule has 1 fully saturated rings. The third-order valence-electron chi connectivity index (χ3n) is 3.77. The Morgan fingerprint density at radius 2 is 1.94 bits per heavy atom. The average molecular weight is 245 g/mol. The minimum absolute atomic E-state index is 0.0984. The Labute approximate surface area is 105 Å². The van der Waals surface area contributed by atoms with Gasteiger partial charge in [0.2, 0.25) is 11.8 Å². The Bertz CT molecular complexity index is 537. The lowest BCUT2D eigenvalue weighted by Gasteiger charge is -2.21. The van der Waals surface area contributed by atoms with Crippen LogP contribution in [0.25, 0.3) is 0 Å². The van der Waals surface area contributed by atoms with Gasteiger partial charge in [-0.05, 0) is 24.5 Å². The molecule has 2 amide bonds. The second kappa shape index (κ2) is 3.55. The molecule has 94 valence electrons. The van der Waals surface area contributed by atoms with Crippen molar-refractivity contribution in [3.05, 3.63) is 29.8 Å². The van der Waals surface area contributed by atoms with Crippen molar-refractivity contribution in [2.45, 2.75) is 24.3 Å². The monoisotopic (exact) mass is 245 g/mol. The van der Waals surface area contributed by atoms with E-state index in [0.29, 0.717) is 19.4 Å². The molecule has 1 aromatic carbocycles. The molecule has 4 N–H and O–H groups in total. The van der Waals surface area contributed by atoms with Crippen LogP contribution >= 0.6 is 0 Å². The molecule has 1 aliphatic heterocycles. The van der Waals surface area contributed by atoms with Crippen LogP contribution in [0.15, 0.2) is 24.3 Å². The number of carbonyl (C=O) groups excluding carboxylic acids is 2. The number of hydrogen-bond donors (Lipinski definition) is 2. The second-order valence-electron chi connectivity index (χ2n) is 5.09. The van der Waals surface area contributed by atoms with E-state index in [2.05, 4.69) is 0 Å². The first kappa shape index (κ1) is 11.2. The SMILES string of the molecule is NC(=O)[C@H]1CN(C(=O)C2(N)CC2)c2ccccc21. The highest BCUT2D eigenvalue weighted by atomic mass is 16.2. The van der Waals surface area contributed by atoms with Crippen molar-refractivity contribution < 1.29 is 9.59 Å². The molecule has 1 aliphatic carbocycles. The summed E-state index contributed by atoms with van der Waals surface area (Å²) < 4.78 is 0. The van der Waals surface area contributed by atoms with Gasteiger partial charge in [-0.2, -0.15) is 0 Å². The van der Waals surface area contributed by atoms with E-state index >= 15 is 0 Å². The predicted octanol–water partition coefficient (Wildman–Crippen LogP) is 0.0934. The highest BCUT2D eigenvalue weighted by Crippen LogP contribution is 2.41. The third kappa shape index (κ3) is 1.51. The summed E-state index contributed by atoms with van der Waals surface area (Å²) in [7, 11) is 0. The Kier molecular flexibility index (Phi) is 2.22. The molecule has 2 aliphatic rings. The van der Waals surface area contributed by atoms with Crippen molar-refractivity contribution in [1.29, 1.82) is 0 Å². The number of primary amides is 1. The number of nitrogens with two attached hydrogens (primary N) is 2. The molecule has 5 heteroatoms. The first-order valence-electron chi connectivity index (χ1n) is 6.02. The Morgan fingerprint density at radius 1 is 1.28 bits per heavy atom. The molecule has 3 rings (SSSR count). The van der Waals surface area contributed by atoms with E-state index in [4.69, 9.17) is 11.5 Å². The molecule has 0 unspecified atom stereocenters. The first-order chi connectivity index (χ1) is 8.53. The fourth-order valence-corrected chi connectivity index (χ4v) is 2.46. The summed E-state index contributed by atoms with van der Waals surface area (Å²) in [6.45, 7) is 0.312. The largest absolute Gasteiger partial charge is 0.369 e. The standard InChI is InChI=1S/C13H15N3O2/c14-11(17)9-7-16(12(18)13(15)5-6-13)10-4-2-1-3-8(9)10/h1-4,9H,5-7,15H2,(H2,14,17)/t9-/m0/s1. The summed E-state index contributed by atoms with van der Waals surface area (Å²) in [4.78, 5) is 25.4. The van der Waals surface area contributed by atoms with Gasteiger partial charge in [0.1, 0.15) is 0 Å². The lowest BCUT2D eigenvalue weighted by atomic mass is 10.0. The number of benzene rings is 1. The molecule has 1 aromatic rings. The molecule has 0 bridgehead atoms. The quantitative estimate of drug-likeness (QED) is 0.774. The molecule has 0 saturated heterocycles. The van der Waals surface area contributed by atoms with E-state index in [-0.39, 0.29) is 5.91 Å². The third-order valence-corrected chi connectivity index (χ3v) is 3.77. The summed E-state index contributed by atoms with van der Waals surface area (Å²) in [5, 5.41) is 0. The predicted molar refractivity (Wildman–Crippen MR) is 66.9 cm³/mol. The normalized spacial score (nSPS) is 23.6. The maximum atomic E-state index is 12.3. The number of para-hydroxylation sites is 1. The van der Waals surface area contributed by atoms with E-state index in [1.54, 1.807) is 4.90 Å². The molecule has 0 aromatic heterocycles. The van der Waals surface area contributed by atoms with Crippen LogP contribution < -0.4 is 16.4 Å². The fraction of sp³-hybridized carbons (Fsp3) is 0.385. The van der Waals surface area contributed by atoms with Gasteiger partial charge in [-0.25, -0.2) is 0 Å². The Hall–Kier alpha value is -1.88. The highest BCUT2D eigenvalue weighted by molar-refractivity contribution is 6.05. The van der Waals surface area contributed by atoms with Crippen LogP contribution in [-0.4, -0.2) is 23.9 Å². The van der Waals surface area contributed by atoms with Crippen LogP contribution in [-0.2, 0) is 9.59 Å². The number of fused-ring (bicyclic) bond motifs is 1. The van der Waals surface area contributed by atoms with Gasteiger partial charge in [-0.1, -0.05) is 18.2 Å². The van der Waals surface area contributed by atoms with Gasteiger partial charge in [0.15, 0.2) is 0 Å². The van der Waals surface area contributed by atoms with Gasteiger partial charge in [0.25, 0.3) is 0 Å². The van der Waals surface area contributed by atoms with E-state index in [1.165, 1.54) is 0 Å². The average Bonchev–Trinajstić information content (AvgIpc) is 2.98. The zero-order chi connectivity index (χ0) is 12.9. The summed E-state index contributed by atoms with van der Waals surface area (Å²) >= 11 is 0.